The molecule has 0 amide bonds. The third kappa shape index (κ3) is 69.5. The summed E-state index contributed by atoms with van der Waals surface area (Å²) < 4.78 is 17.0. The second-order valence-electron chi connectivity index (χ2n) is 24.5. The van der Waals surface area contributed by atoms with Crippen LogP contribution in [0.4, 0.5) is 0 Å². The number of hydrogen-bond acceptors (Lipinski definition) is 6. The Morgan fingerprint density at radius 2 is 0.470 bits per heavy atom. The highest BCUT2D eigenvalue weighted by atomic mass is 16.6. The fourth-order valence-electron chi connectivity index (χ4n) is 10.8. The van der Waals surface area contributed by atoms with Crippen LogP contribution in [0.5, 0.6) is 0 Å². The third-order valence-corrected chi connectivity index (χ3v) is 16.2. The van der Waals surface area contributed by atoms with Crippen molar-refractivity contribution in [2.24, 2.45) is 0 Å². The number of esters is 3. The van der Waals surface area contributed by atoms with Crippen LogP contribution in [0.25, 0.3) is 0 Å². The lowest BCUT2D eigenvalue weighted by atomic mass is 10.0. The first kappa shape index (κ1) is 79.8. The predicted octanol–water partition coefficient (Wildman–Crippen LogP) is 25.2. The van der Waals surface area contributed by atoms with Crippen molar-refractivity contribution in [2.75, 3.05) is 13.2 Å². The number of carbonyl (C=O) groups excluding carboxylic acids is 3. The van der Waals surface area contributed by atoms with Crippen LogP contribution in [0.3, 0.4) is 0 Å². The Morgan fingerprint density at radius 3 is 0.747 bits per heavy atom. The maximum Gasteiger partial charge on any atom is 0.306 e. The van der Waals surface area contributed by atoms with Gasteiger partial charge in [0.25, 0.3) is 0 Å². The van der Waals surface area contributed by atoms with Crippen molar-refractivity contribution in [1.29, 1.82) is 0 Å². The molecule has 0 aliphatic heterocycles. The highest BCUT2D eigenvalue weighted by Crippen LogP contribution is 2.18. The molecule has 0 N–H and O–H groups in total. The average molecular weight is 1160 g/mol. The lowest BCUT2D eigenvalue weighted by molar-refractivity contribution is -0.167. The molecule has 482 valence electrons. The fraction of sp³-hybridized carbons (Fsp3) is 0.805. The van der Waals surface area contributed by atoms with Gasteiger partial charge in [-0.05, 0) is 89.9 Å². The minimum atomic E-state index is -0.787. The second-order valence-corrected chi connectivity index (χ2v) is 24.5. The van der Waals surface area contributed by atoms with Gasteiger partial charge in [0.05, 0.1) is 0 Å². The molecule has 0 rings (SSSR count). The van der Waals surface area contributed by atoms with Crippen LogP contribution in [-0.4, -0.2) is 37.2 Å². The quantitative estimate of drug-likeness (QED) is 0.0261. The standard InChI is InChI=1S/C77H138O6/c1-4-7-10-13-16-19-22-25-28-31-34-36-37-38-39-41-43-46-49-52-55-58-61-64-67-70-76(79)82-73-74(72-81-75(78)69-66-63-60-57-54-51-48-45-42-33-30-27-24-21-18-15-12-9-6-3)83-77(80)71-68-65-62-59-56-53-50-47-44-40-35-32-29-26-23-20-17-14-11-8-5-2/h8,11,17,20,26,29,31,34-35,40,47,50,74H,4-7,9-10,12-16,18-19,21-25,27-28,30,32-33,36-39,41-46,48-49,51-73H2,1-3H3/b11-8-,20-17-,29-26-,34-31-,40-35-,50-47-. The summed E-state index contributed by atoms with van der Waals surface area (Å²) in [6.07, 6.45) is 93.6. The van der Waals surface area contributed by atoms with Crippen LogP contribution in [0.15, 0.2) is 72.9 Å². The second kappa shape index (κ2) is 71.3. The molecule has 6 heteroatoms. The summed E-state index contributed by atoms with van der Waals surface area (Å²) in [5.74, 6) is -0.873. The molecular weight excluding hydrogens is 1020 g/mol. The molecule has 0 heterocycles. The summed E-state index contributed by atoms with van der Waals surface area (Å²) >= 11 is 0. The van der Waals surface area contributed by atoms with Gasteiger partial charge in [0.2, 0.25) is 0 Å². The predicted molar refractivity (Wildman–Crippen MR) is 362 cm³/mol. The van der Waals surface area contributed by atoms with E-state index < -0.39 is 6.10 Å². The van der Waals surface area contributed by atoms with Crippen LogP contribution >= 0.6 is 0 Å². The molecular formula is C77H138O6. The van der Waals surface area contributed by atoms with Gasteiger partial charge >= 0.3 is 17.9 Å². The third-order valence-electron chi connectivity index (χ3n) is 16.2. The molecule has 0 aromatic carbocycles. The Morgan fingerprint density at radius 1 is 0.253 bits per heavy atom. The maximum absolute atomic E-state index is 13.0. The maximum atomic E-state index is 13.0. The van der Waals surface area contributed by atoms with Crippen molar-refractivity contribution in [3.05, 3.63) is 72.9 Å². The monoisotopic (exact) mass is 1160 g/mol. The van der Waals surface area contributed by atoms with Crippen molar-refractivity contribution in [3.63, 3.8) is 0 Å². The summed E-state index contributed by atoms with van der Waals surface area (Å²) in [5.41, 5.74) is 0. The average Bonchev–Trinajstić information content (AvgIpc) is 3.50. The zero-order valence-corrected chi connectivity index (χ0v) is 55.5. The highest BCUT2D eigenvalue weighted by Gasteiger charge is 2.19. The SMILES string of the molecule is CC/C=C\C/C=C\C/C=C\C/C=C\C/C=C\CCCCCCCC(=O)OC(COC(=O)CCCCCCCCCCCCCCC/C=C\CCCCCCCCCC)COC(=O)CCCCCCCCCCCCCCCCCCCCC. The molecule has 0 spiro atoms. The summed E-state index contributed by atoms with van der Waals surface area (Å²) in [6.45, 7) is 6.58. The first-order chi connectivity index (χ1) is 41.0. The number of hydrogen-bond donors (Lipinski definition) is 0. The van der Waals surface area contributed by atoms with Gasteiger partial charge in [-0.3, -0.25) is 14.4 Å². The number of rotatable bonds is 67. The smallest absolute Gasteiger partial charge is 0.306 e. The van der Waals surface area contributed by atoms with Gasteiger partial charge in [-0.25, -0.2) is 0 Å². The fourth-order valence-corrected chi connectivity index (χ4v) is 10.8. The van der Waals surface area contributed by atoms with Crippen molar-refractivity contribution in [1.82, 2.24) is 0 Å². The summed E-state index contributed by atoms with van der Waals surface area (Å²) in [4.78, 5) is 38.5. The van der Waals surface area contributed by atoms with Crippen molar-refractivity contribution >= 4 is 17.9 Å². The van der Waals surface area contributed by atoms with Crippen LogP contribution in [0.1, 0.15) is 380 Å². The molecule has 0 bridgehead atoms. The Hall–Kier alpha value is -3.15. The van der Waals surface area contributed by atoms with E-state index >= 15 is 0 Å². The van der Waals surface area contributed by atoms with Crippen LogP contribution < -0.4 is 0 Å². The van der Waals surface area contributed by atoms with E-state index in [1.54, 1.807) is 0 Å². The van der Waals surface area contributed by atoms with E-state index in [4.69, 9.17) is 14.2 Å². The zero-order valence-electron chi connectivity index (χ0n) is 55.5. The summed E-state index contributed by atoms with van der Waals surface area (Å²) in [5, 5.41) is 0. The molecule has 0 aliphatic carbocycles. The van der Waals surface area contributed by atoms with Gasteiger partial charge in [-0.2, -0.15) is 0 Å². The first-order valence-electron chi connectivity index (χ1n) is 36.4. The largest absolute Gasteiger partial charge is 0.462 e. The van der Waals surface area contributed by atoms with Crippen molar-refractivity contribution < 1.29 is 28.6 Å². The van der Waals surface area contributed by atoms with Gasteiger partial charge in [-0.1, -0.05) is 344 Å². The van der Waals surface area contributed by atoms with E-state index in [1.807, 2.05) is 0 Å². The molecule has 6 nitrogen and oxygen atoms in total. The van der Waals surface area contributed by atoms with E-state index in [0.717, 1.165) is 109 Å². The number of carbonyl (C=O) groups is 3. The minimum absolute atomic E-state index is 0.0793. The minimum Gasteiger partial charge on any atom is -0.462 e. The highest BCUT2D eigenvalue weighted by molar-refractivity contribution is 5.71. The lowest BCUT2D eigenvalue weighted by Gasteiger charge is -2.18. The molecule has 83 heavy (non-hydrogen) atoms. The topological polar surface area (TPSA) is 78.9 Å². The van der Waals surface area contributed by atoms with Gasteiger partial charge < -0.3 is 14.2 Å². The molecule has 1 atom stereocenters. The zero-order chi connectivity index (χ0) is 59.9. The molecule has 0 saturated carbocycles. The number of ether oxygens (including phenoxy) is 3. The Kier molecular flexibility index (Phi) is 68.6. The first-order valence-corrected chi connectivity index (χ1v) is 36.4. The van der Waals surface area contributed by atoms with Crippen molar-refractivity contribution in [2.45, 2.75) is 386 Å². The van der Waals surface area contributed by atoms with E-state index in [9.17, 15) is 14.4 Å². The van der Waals surface area contributed by atoms with E-state index in [-0.39, 0.29) is 31.1 Å². The van der Waals surface area contributed by atoms with Crippen LogP contribution in [0, 0.1) is 0 Å². The summed E-state index contributed by atoms with van der Waals surface area (Å²) in [6, 6.07) is 0. The molecule has 1 unspecified atom stereocenters. The molecule has 0 saturated heterocycles. The Balaban J connectivity index is 4.35. The molecule has 0 radical (unpaired) electrons. The van der Waals surface area contributed by atoms with E-state index in [0.29, 0.717) is 19.3 Å². The van der Waals surface area contributed by atoms with Crippen LogP contribution in [0.2, 0.25) is 0 Å². The van der Waals surface area contributed by atoms with E-state index in [1.165, 1.54) is 231 Å². The van der Waals surface area contributed by atoms with Gasteiger partial charge in [-0.15, -0.1) is 0 Å². The Labute approximate surface area is 516 Å². The molecule has 0 aliphatic rings. The normalized spacial score (nSPS) is 12.5. The number of unbranched alkanes of at least 4 members (excludes halogenated alkanes) is 44. The van der Waals surface area contributed by atoms with E-state index in [2.05, 4.69) is 93.7 Å². The Bertz CT molecular complexity index is 1520. The van der Waals surface area contributed by atoms with Crippen LogP contribution in [-0.2, 0) is 28.6 Å². The molecule has 0 fully saturated rings. The van der Waals surface area contributed by atoms with Gasteiger partial charge in [0.15, 0.2) is 6.10 Å². The van der Waals surface area contributed by atoms with Gasteiger partial charge in [0, 0.05) is 19.3 Å². The van der Waals surface area contributed by atoms with Crippen molar-refractivity contribution in [3.8, 4) is 0 Å². The number of allylic oxidation sites excluding steroid dienone is 12. The summed E-state index contributed by atoms with van der Waals surface area (Å²) in [7, 11) is 0. The lowest BCUT2D eigenvalue weighted by Crippen LogP contribution is -2.30. The molecule has 0 aromatic heterocycles. The van der Waals surface area contributed by atoms with Gasteiger partial charge in [0.1, 0.15) is 13.2 Å². The molecule has 0 aromatic rings.